The summed E-state index contributed by atoms with van der Waals surface area (Å²) in [5.74, 6) is -2.48. The van der Waals surface area contributed by atoms with Gasteiger partial charge in [0.25, 0.3) is 11.7 Å². The highest BCUT2D eigenvalue weighted by Gasteiger charge is 2.47. The molecule has 2 heterocycles. The Labute approximate surface area is 177 Å². The molecular weight excluding hydrogens is 407 g/mol. The first-order valence-electron chi connectivity index (χ1n) is 9.11. The van der Waals surface area contributed by atoms with Crippen molar-refractivity contribution in [2.75, 3.05) is 4.90 Å². The van der Waals surface area contributed by atoms with Gasteiger partial charge < -0.3 is 5.11 Å². The van der Waals surface area contributed by atoms with Crippen molar-refractivity contribution in [1.82, 2.24) is 4.98 Å². The molecule has 30 heavy (non-hydrogen) atoms. The van der Waals surface area contributed by atoms with E-state index in [2.05, 4.69) is 4.98 Å². The molecule has 4 rings (SSSR count). The molecule has 0 spiro atoms. The Kier molecular flexibility index (Phi) is 5.10. The summed E-state index contributed by atoms with van der Waals surface area (Å²) in [5, 5.41) is 11.3. The summed E-state index contributed by atoms with van der Waals surface area (Å²) in [6, 6.07) is 12.5. The van der Waals surface area contributed by atoms with Crippen molar-refractivity contribution in [2.24, 2.45) is 0 Å². The fraction of sp³-hybridized carbons (Fsp3) is 0.0870. The first kappa shape index (κ1) is 19.8. The Morgan fingerprint density at radius 2 is 1.73 bits per heavy atom. The maximum Gasteiger partial charge on any atom is 0.300 e. The number of aryl methyl sites for hydroxylation is 1. The standard InChI is InChI=1S/C23H16ClFN2O3/c1-13-2-5-16(24)12-18(13)27-20(14-8-10-26-11-9-14)19(22(29)23(27)30)21(28)15-3-6-17(25)7-4-15/h2-12,20,28H,1H3/b21-19+. The van der Waals surface area contributed by atoms with E-state index in [4.69, 9.17) is 11.6 Å². The third kappa shape index (κ3) is 3.35. The Balaban J connectivity index is 1.97. The van der Waals surface area contributed by atoms with Crippen molar-refractivity contribution in [3.05, 3.63) is 100 Å². The molecule has 1 aliphatic rings. The first-order valence-corrected chi connectivity index (χ1v) is 9.49. The number of amides is 1. The Morgan fingerprint density at radius 1 is 1.07 bits per heavy atom. The lowest BCUT2D eigenvalue weighted by molar-refractivity contribution is -0.132. The Bertz CT molecular complexity index is 1180. The molecule has 1 saturated heterocycles. The third-order valence-corrected chi connectivity index (χ3v) is 5.25. The van der Waals surface area contributed by atoms with Crippen molar-refractivity contribution in [2.45, 2.75) is 13.0 Å². The van der Waals surface area contributed by atoms with Crippen LogP contribution in [0.25, 0.3) is 5.76 Å². The van der Waals surface area contributed by atoms with Crippen LogP contribution in [0, 0.1) is 12.7 Å². The smallest absolute Gasteiger partial charge is 0.300 e. The maximum atomic E-state index is 13.3. The maximum absolute atomic E-state index is 13.3. The van der Waals surface area contributed by atoms with Gasteiger partial charge in [-0.3, -0.25) is 19.5 Å². The molecule has 1 unspecified atom stereocenters. The zero-order valence-electron chi connectivity index (χ0n) is 15.8. The molecule has 1 atom stereocenters. The highest BCUT2D eigenvalue weighted by atomic mass is 35.5. The van der Waals surface area contributed by atoms with E-state index in [9.17, 15) is 19.1 Å². The van der Waals surface area contributed by atoms with Crippen LogP contribution in [0.3, 0.4) is 0 Å². The molecule has 3 aromatic rings. The number of nitrogens with zero attached hydrogens (tertiary/aromatic N) is 2. The van der Waals surface area contributed by atoms with E-state index < -0.39 is 23.5 Å². The quantitative estimate of drug-likeness (QED) is 0.373. The number of pyridine rings is 1. The molecule has 0 radical (unpaired) electrons. The fourth-order valence-electron chi connectivity index (χ4n) is 3.55. The number of halogens is 2. The van der Waals surface area contributed by atoms with Gasteiger partial charge in [-0.15, -0.1) is 0 Å². The molecule has 7 heteroatoms. The highest BCUT2D eigenvalue weighted by Crippen LogP contribution is 2.43. The minimum absolute atomic E-state index is 0.0859. The Morgan fingerprint density at radius 3 is 2.40 bits per heavy atom. The Hall–Kier alpha value is -3.51. The minimum Gasteiger partial charge on any atom is -0.507 e. The first-order chi connectivity index (χ1) is 14.4. The molecule has 0 bridgehead atoms. The topological polar surface area (TPSA) is 70.5 Å². The van der Waals surface area contributed by atoms with E-state index in [0.29, 0.717) is 16.3 Å². The van der Waals surface area contributed by atoms with Gasteiger partial charge in [0.1, 0.15) is 11.6 Å². The van der Waals surface area contributed by atoms with Crippen molar-refractivity contribution in [1.29, 1.82) is 0 Å². The second-order valence-electron chi connectivity index (χ2n) is 6.89. The average molecular weight is 423 g/mol. The molecule has 1 amide bonds. The summed E-state index contributed by atoms with van der Waals surface area (Å²) in [6.07, 6.45) is 3.08. The summed E-state index contributed by atoms with van der Waals surface area (Å²) >= 11 is 6.15. The number of hydrogen-bond acceptors (Lipinski definition) is 4. The largest absolute Gasteiger partial charge is 0.507 e. The summed E-state index contributed by atoms with van der Waals surface area (Å²) in [5.41, 5.74) is 1.94. The van der Waals surface area contributed by atoms with Crippen LogP contribution in [-0.4, -0.2) is 21.8 Å². The zero-order valence-corrected chi connectivity index (χ0v) is 16.6. The van der Waals surface area contributed by atoms with Crippen LogP contribution in [0.15, 0.2) is 72.6 Å². The molecule has 1 aliphatic heterocycles. The number of anilines is 1. The second-order valence-corrected chi connectivity index (χ2v) is 7.32. The summed E-state index contributed by atoms with van der Waals surface area (Å²) in [6.45, 7) is 1.80. The fourth-order valence-corrected chi connectivity index (χ4v) is 3.71. The summed E-state index contributed by atoms with van der Waals surface area (Å²) in [4.78, 5) is 31.4. The van der Waals surface area contributed by atoms with Gasteiger partial charge in [0.05, 0.1) is 11.6 Å². The molecule has 0 saturated carbocycles. The number of aliphatic hydroxyl groups excluding tert-OH is 1. The molecule has 1 N–H and O–H groups in total. The van der Waals surface area contributed by atoms with E-state index in [1.807, 2.05) is 0 Å². The number of carbonyl (C=O) groups is 2. The number of aliphatic hydroxyl groups is 1. The van der Waals surface area contributed by atoms with Gasteiger partial charge in [0.2, 0.25) is 0 Å². The number of carbonyl (C=O) groups excluding carboxylic acids is 2. The predicted molar refractivity (Wildman–Crippen MR) is 112 cm³/mol. The van der Waals surface area contributed by atoms with E-state index >= 15 is 0 Å². The third-order valence-electron chi connectivity index (χ3n) is 5.01. The van der Waals surface area contributed by atoms with Crippen LogP contribution in [0.5, 0.6) is 0 Å². The summed E-state index contributed by atoms with van der Waals surface area (Å²) in [7, 11) is 0. The number of ketones is 1. The number of Topliss-reactive ketones (excluding diaryl/α,β-unsaturated/α-hetero) is 1. The van der Waals surface area contributed by atoms with E-state index in [-0.39, 0.29) is 16.9 Å². The van der Waals surface area contributed by atoms with Crippen molar-refractivity contribution in [3.63, 3.8) is 0 Å². The molecule has 5 nitrogen and oxygen atoms in total. The van der Waals surface area contributed by atoms with E-state index in [0.717, 1.165) is 5.56 Å². The number of hydrogen-bond donors (Lipinski definition) is 1. The van der Waals surface area contributed by atoms with Crippen LogP contribution >= 0.6 is 11.6 Å². The number of aromatic nitrogens is 1. The molecule has 1 aromatic heterocycles. The normalized spacial score (nSPS) is 18.1. The number of benzene rings is 2. The van der Waals surface area contributed by atoms with Crippen molar-refractivity contribution >= 4 is 34.7 Å². The van der Waals surface area contributed by atoms with Crippen LogP contribution in [0.4, 0.5) is 10.1 Å². The minimum atomic E-state index is -0.893. The van der Waals surface area contributed by atoms with Gasteiger partial charge >= 0.3 is 0 Å². The van der Waals surface area contributed by atoms with Crippen molar-refractivity contribution in [3.8, 4) is 0 Å². The molecule has 0 aliphatic carbocycles. The van der Waals surface area contributed by atoms with Crippen molar-refractivity contribution < 1.29 is 19.1 Å². The van der Waals surface area contributed by atoms with Gasteiger partial charge in [0.15, 0.2) is 0 Å². The van der Waals surface area contributed by atoms with Gasteiger partial charge in [-0.25, -0.2) is 4.39 Å². The van der Waals surface area contributed by atoms with Gasteiger partial charge in [-0.1, -0.05) is 17.7 Å². The lowest BCUT2D eigenvalue weighted by Gasteiger charge is -2.26. The van der Waals surface area contributed by atoms with Gasteiger partial charge in [-0.05, 0) is 66.6 Å². The monoisotopic (exact) mass is 422 g/mol. The van der Waals surface area contributed by atoms with Crippen LogP contribution < -0.4 is 4.90 Å². The second kappa shape index (κ2) is 7.72. The number of rotatable bonds is 3. The van der Waals surface area contributed by atoms with E-state index in [1.54, 1.807) is 37.3 Å². The molecule has 2 aromatic carbocycles. The SMILES string of the molecule is Cc1ccc(Cl)cc1N1C(=O)C(=O)/C(=C(/O)c2ccc(F)cc2)C1c1ccncc1. The van der Waals surface area contributed by atoms with Crippen LogP contribution in [0.1, 0.15) is 22.7 Å². The summed E-state index contributed by atoms with van der Waals surface area (Å²) < 4.78 is 13.3. The van der Waals surface area contributed by atoms with E-state index in [1.165, 1.54) is 41.6 Å². The molecule has 1 fully saturated rings. The van der Waals surface area contributed by atoms with Gasteiger partial charge in [-0.2, -0.15) is 0 Å². The zero-order chi connectivity index (χ0) is 21.4. The van der Waals surface area contributed by atoms with Crippen LogP contribution in [-0.2, 0) is 9.59 Å². The highest BCUT2D eigenvalue weighted by molar-refractivity contribution is 6.52. The lowest BCUT2D eigenvalue weighted by Crippen LogP contribution is -2.30. The lowest BCUT2D eigenvalue weighted by atomic mass is 9.95. The molecule has 150 valence electrons. The average Bonchev–Trinajstić information content (AvgIpc) is 3.01. The van der Waals surface area contributed by atoms with Crippen LogP contribution in [0.2, 0.25) is 5.02 Å². The predicted octanol–water partition coefficient (Wildman–Crippen LogP) is 4.81. The molecular formula is C23H16ClFN2O3. The van der Waals surface area contributed by atoms with Gasteiger partial charge in [0, 0.05) is 28.7 Å².